The van der Waals surface area contributed by atoms with Crippen LogP contribution in [0.5, 0.6) is 0 Å². The minimum atomic E-state index is -0.863. The molecule has 1 rings (SSSR count). The minimum Gasteiger partial charge on any atom is -0.481 e. The Kier molecular flexibility index (Phi) is 6.80. The van der Waals surface area contributed by atoms with Gasteiger partial charge in [-0.15, -0.1) is 0 Å². The predicted octanol–water partition coefficient (Wildman–Crippen LogP) is -0.00660. The van der Waals surface area contributed by atoms with Gasteiger partial charge in [0.25, 0.3) is 0 Å². The average Bonchev–Trinajstić information content (AvgIpc) is 2.56. The van der Waals surface area contributed by atoms with E-state index in [1.165, 1.54) is 0 Å². The van der Waals surface area contributed by atoms with E-state index in [4.69, 9.17) is 5.11 Å². The van der Waals surface area contributed by atoms with E-state index in [-0.39, 0.29) is 24.9 Å². The summed E-state index contributed by atoms with van der Waals surface area (Å²) in [6.45, 7) is 8.22. The van der Waals surface area contributed by atoms with E-state index in [2.05, 4.69) is 10.2 Å². The Balaban J connectivity index is 2.48. The number of carbonyl (C=O) groups is 2. The molecule has 1 saturated heterocycles. The van der Waals surface area contributed by atoms with Crippen LogP contribution in [0, 0.1) is 0 Å². The lowest BCUT2D eigenvalue weighted by atomic mass is 10.2. The first-order valence-corrected chi connectivity index (χ1v) is 6.95. The number of rotatable bonds is 6. The fourth-order valence-electron chi connectivity index (χ4n) is 2.23. The van der Waals surface area contributed by atoms with Gasteiger partial charge in [-0.25, -0.2) is 0 Å². The molecular formula is C13H25N3O3. The van der Waals surface area contributed by atoms with E-state index in [0.717, 1.165) is 32.6 Å². The highest BCUT2D eigenvalue weighted by atomic mass is 16.4. The summed E-state index contributed by atoms with van der Waals surface area (Å²) in [6.07, 6.45) is 1.05. The summed E-state index contributed by atoms with van der Waals surface area (Å²) in [7, 11) is 0. The van der Waals surface area contributed by atoms with Crippen LogP contribution < -0.4 is 5.32 Å². The molecule has 0 unspecified atom stereocenters. The Hall–Kier alpha value is -1.14. The second-order valence-corrected chi connectivity index (χ2v) is 5.20. The van der Waals surface area contributed by atoms with Crippen molar-refractivity contribution in [3.05, 3.63) is 0 Å². The molecule has 0 saturated carbocycles. The lowest BCUT2D eigenvalue weighted by Gasteiger charge is -2.29. The van der Waals surface area contributed by atoms with Crippen LogP contribution in [0.2, 0.25) is 0 Å². The van der Waals surface area contributed by atoms with Crippen molar-refractivity contribution < 1.29 is 14.7 Å². The topological polar surface area (TPSA) is 72.9 Å². The summed E-state index contributed by atoms with van der Waals surface area (Å²) >= 11 is 0. The van der Waals surface area contributed by atoms with Crippen molar-refractivity contribution in [2.75, 3.05) is 39.3 Å². The molecule has 0 aliphatic carbocycles. The third kappa shape index (κ3) is 6.02. The van der Waals surface area contributed by atoms with Gasteiger partial charge >= 0.3 is 5.97 Å². The zero-order valence-corrected chi connectivity index (χ0v) is 11.9. The van der Waals surface area contributed by atoms with E-state index in [1.54, 1.807) is 4.90 Å². The second kappa shape index (κ2) is 8.12. The summed E-state index contributed by atoms with van der Waals surface area (Å²) < 4.78 is 0. The molecule has 19 heavy (non-hydrogen) atoms. The van der Waals surface area contributed by atoms with Crippen molar-refractivity contribution in [3.63, 3.8) is 0 Å². The quantitative estimate of drug-likeness (QED) is 0.711. The Morgan fingerprint density at radius 1 is 1.32 bits per heavy atom. The predicted molar refractivity (Wildman–Crippen MR) is 73.0 cm³/mol. The zero-order chi connectivity index (χ0) is 14.3. The maximum Gasteiger partial charge on any atom is 0.305 e. The standard InChI is InChI=1S/C13H25N3O3/c1-11(2)16(8-4-13(18)19)12(17)10-15-7-3-5-14-6-9-15/h11,14H,3-10H2,1-2H3,(H,18,19). The van der Waals surface area contributed by atoms with Crippen LogP contribution in [-0.4, -0.2) is 72.1 Å². The van der Waals surface area contributed by atoms with E-state index in [9.17, 15) is 9.59 Å². The first-order valence-electron chi connectivity index (χ1n) is 6.95. The molecule has 1 heterocycles. The highest BCUT2D eigenvalue weighted by Crippen LogP contribution is 2.04. The molecule has 0 aromatic carbocycles. The first-order chi connectivity index (χ1) is 9.00. The fraction of sp³-hybridized carbons (Fsp3) is 0.846. The zero-order valence-electron chi connectivity index (χ0n) is 11.9. The van der Waals surface area contributed by atoms with Gasteiger partial charge in [-0.05, 0) is 33.4 Å². The summed E-state index contributed by atoms with van der Waals surface area (Å²) in [6, 6.07) is 0.0388. The summed E-state index contributed by atoms with van der Waals surface area (Å²) in [4.78, 5) is 26.7. The molecule has 1 aliphatic heterocycles. The van der Waals surface area contributed by atoms with Crippen LogP contribution in [-0.2, 0) is 9.59 Å². The van der Waals surface area contributed by atoms with Gasteiger partial charge in [-0.3, -0.25) is 14.5 Å². The maximum absolute atomic E-state index is 12.2. The lowest BCUT2D eigenvalue weighted by molar-refractivity contribution is -0.139. The number of carboxylic acids is 1. The second-order valence-electron chi connectivity index (χ2n) is 5.20. The summed E-state index contributed by atoms with van der Waals surface area (Å²) in [5.74, 6) is -0.837. The number of hydrogen-bond acceptors (Lipinski definition) is 4. The van der Waals surface area contributed by atoms with E-state index in [0.29, 0.717) is 6.54 Å². The van der Waals surface area contributed by atoms with E-state index in [1.807, 2.05) is 13.8 Å². The third-order valence-electron chi connectivity index (χ3n) is 3.30. The van der Waals surface area contributed by atoms with Gasteiger partial charge in [0, 0.05) is 25.7 Å². The SMILES string of the molecule is CC(C)N(CCC(=O)O)C(=O)CN1CCCNCC1. The molecule has 0 atom stereocenters. The Morgan fingerprint density at radius 3 is 2.68 bits per heavy atom. The Labute approximate surface area is 114 Å². The molecule has 0 aromatic rings. The number of carboxylic acid groups (broad SMARTS) is 1. The molecule has 1 amide bonds. The molecule has 110 valence electrons. The van der Waals surface area contributed by atoms with Gasteiger partial charge in [0.2, 0.25) is 5.91 Å². The largest absolute Gasteiger partial charge is 0.481 e. The van der Waals surface area contributed by atoms with Crippen LogP contribution in [0.4, 0.5) is 0 Å². The van der Waals surface area contributed by atoms with Gasteiger partial charge in [-0.2, -0.15) is 0 Å². The average molecular weight is 271 g/mol. The maximum atomic E-state index is 12.2. The van der Waals surface area contributed by atoms with Crippen molar-refractivity contribution in [1.82, 2.24) is 15.1 Å². The molecule has 0 spiro atoms. The fourth-order valence-corrected chi connectivity index (χ4v) is 2.23. The molecule has 0 bridgehead atoms. The van der Waals surface area contributed by atoms with Gasteiger partial charge < -0.3 is 15.3 Å². The van der Waals surface area contributed by atoms with Crippen molar-refractivity contribution in [2.45, 2.75) is 32.7 Å². The van der Waals surface area contributed by atoms with Crippen LogP contribution in [0.15, 0.2) is 0 Å². The van der Waals surface area contributed by atoms with Crippen molar-refractivity contribution in [2.24, 2.45) is 0 Å². The normalized spacial score (nSPS) is 17.2. The molecule has 0 aromatic heterocycles. The van der Waals surface area contributed by atoms with Crippen molar-refractivity contribution in [1.29, 1.82) is 0 Å². The van der Waals surface area contributed by atoms with E-state index < -0.39 is 5.97 Å². The highest BCUT2D eigenvalue weighted by Gasteiger charge is 2.20. The van der Waals surface area contributed by atoms with Gasteiger partial charge in [0.15, 0.2) is 0 Å². The number of aliphatic carboxylic acids is 1. The lowest BCUT2D eigenvalue weighted by Crippen LogP contribution is -2.45. The smallest absolute Gasteiger partial charge is 0.305 e. The molecule has 1 fully saturated rings. The number of hydrogen-bond donors (Lipinski definition) is 2. The number of nitrogens with one attached hydrogen (secondary N) is 1. The highest BCUT2D eigenvalue weighted by molar-refractivity contribution is 5.79. The van der Waals surface area contributed by atoms with E-state index >= 15 is 0 Å². The first kappa shape index (κ1) is 15.9. The van der Waals surface area contributed by atoms with Gasteiger partial charge in [0.05, 0.1) is 13.0 Å². The number of amides is 1. The van der Waals surface area contributed by atoms with Gasteiger partial charge in [0.1, 0.15) is 0 Å². The molecule has 6 nitrogen and oxygen atoms in total. The molecular weight excluding hydrogens is 246 g/mol. The van der Waals surface area contributed by atoms with Crippen LogP contribution >= 0.6 is 0 Å². The number of nitrogens with zero attached hydrogens (tertiary/aromatic N) is 2. The van der Waals surface area contributed by atoms with Crippen molar-refractivity contribution in [3.8, 4) is 0 Å². The molecule has 2 N–H and O–H groups in total. The Morgan fingerprint density at radius 2 is 2.05 bits per heavy atom. The number of carbonyl (C=O) groups excluding carboxylic acids is 1. The third-order valence-corrected chi connectivity index (χ3v) is 3.30. The molecule has 1 aliphatic rings. The van der Waals surface area contributed by atoms with Crippen LogP contribution in [0.3, 0.4) is 0 Å². The minimum absolute atomic E-state index is 0.00543. The van der Waals surface area contributed by atoms with Crippen LogP contribution in [0.25, 0.3) is 0 Å². The summed E-state index contributed by atoms with van der Waals surface area (Å²) in [5, 5.41) is 12.0. The summed E-state index contributed by atoms with van der Waals surface area (Å²) in [5.41, 5.74) is 0. The monoisotopic (exact) mass is 271 g/mol. The van der Waals surface area contributed by atoms with Gasteiger partial charge in [-0.1, -0.05) is 0 Å². The molecule has 0 radical (unpaired) electrons. The molecule has 6 heteroatoms. The van der Waals surface area contributed by atoms with Crippen LogP contribution in [0.1, 0.15) is 26.7 Å². The Bertz CT molecular complexity index is 300. The van der Waals surface area contributed by atoms with Crippen molar-refractivity contribution >= 4 is 11.9 Å².